The van der Waals surface area contributed by atoms with E-state index in [-0.39, 0.29) is 9.92 Å². The van der Waals surface area contributed by atoms with E-state index in [4.69, 9.17) is 23.2 Å². The fraction of sp³-hybridized carbons (Fsp3) is 0.500. The molecule has 1 rings (SSSR count). The van der Waals surface area contributed by atoms with Crippen LogP contribution in [0.5, 0.6) is 0 Å². The van der Waals surface area contributed by atoms with E-state index in [0.29, 0.717) is 29.2 Å². The van der Waals surface area contributed by atoms with Crippen molar-refractivity contribution < 1.29 is 8.42 Å². The Morgan fingerprint density at radius 3 is 2.42 bits per heavy atom. The Labute approximate surface area is 124 Å². The number of likely N-dealkylation sites (N-methyl/N-ethyl adjacent to an activating group) is 1. The van der Waals surface area contributed by atoms with Crippen molar-refractivity contribution in [1.29, 1.82) is 0 Å². The van der Waals surface area contributed by atoms with Gasteiger partial charge in [0, 0.05) is 18.1 Å². The highest BCUT2D eigenvalue weighted by Crippen LogP contribution is 2.33. The fourth-order valence-electron chi connectivity index (χ4n) is 1.66. The zero-order chi connectivity index (χ0) is 14.6. The molecule has 19 heavy (non-hydrogen) atoms. The first kappa shape index (κ1) is 16.7. The van der Waals surface area contributed by atoms with E-state index in [0.717, 1.165) is 6.54 Å². The summed E-state index contributed by atoms with van der Waals surface area (Å²) >= 11 is 12.1. The Bertz CT molecular complexity index is 533. The van der Waals surface area contributed by atoms with Crippen LogP contribution < -0.4 is 10.0 Å². The predicted molar refractivity (Wildman–Crippen MR) is 79.7 cm³/mol. The first-order valence-corrected chi connectivity index (χ1v) is 8.20. The lowest BCUT2D eigenvalue weighted by Gasteiger charge is -2.14. The maximum Gasteiger partial charge on any atom is 0.242 e. The van der Waals surface area contributed by atoms with Crippen LogP contribution in [0.2, 0.25) is 10.0 Å². The van der Waals surface area contributed by atoms with E-state index in [9.17, 15) is 8.42 Å². The minimum Gasteiger partial charge on any atom is -0.316 e. The van der Waals surface area contributed by atoms with E-state index in [2.05, 4.69) is 10.0 Å². The molecule has 0 amide bonds. The zero-order valence-electron chi connectivity index (χ0n) is 11.2. The van der Waals surface area contributed by atoms with Crippen molar-refractivity contribution in [2.24, 2.45) is 0 Å². The smallest absolute Gasteiger partial charge is 0.242 e. The monoisotopic (exact) mass is 324 g/mol. The van der Waals surface area contributed by atoms with Crippen LogP contribution in [0.3, 0.4) is 0 Å². The van der Waals surface area contributed by atoms with Gasteiger partial charge in [0.2, 0.25) is 10.0 Å². The molecule has 0 spiro atoms. The van der Waals surface area contributed by atoms with Crippen LogP contribution in [-0.4, -0.2) is 28.1 Å². The summed E-state index contributed by atoms with van der Waals surface area (Å²) in [6.45, 7) is 6.98. The third-order valence-electron chi connectivity index (χ3n) is 2.70. The van der Waals surface area contributed by atoms with E-state index < -0.39 is 10.0 Å². The Morgan fingerprint density at radius 1 is 1.21 bits per heavy atom. The van der Waals surface area contributed by atoms with Crippen LogP contribution in [0.25, 0.3) is 0 Å². The number of benzene rings is 1. The van der Waals surface area contributed by atoms with Crippen LogP contribution >= 0.6 is 23.2 Å². The molecule has 0 saturated heterocycles. The van der Waals surface area contributed by atoms with Crippen molar-refractivity contribution in [1.82, 2.24) is 10.0 Å². The molecule has 0 fully saturated rings. The second-order valence-electron chi connectivity index (χ2n) is 4.19. The van der Waals surface area contributed by atoms with E-state index in [1.54, 1.807) is 19.9 Å². The van der Waals surface area contributed by atoms with Gasteiger partial charge in [0.15, 0.2) is 0 Å². The van der Waals surface area contributed by atoms with Crippen LogP contribution in [0.1, 0.15) is 18.1 Å². The standard InChI is InChI=1S/C12H18Cl2N2O2S/c1-4-15-5-6-16-19(17,18)12-9(3)10(13)7-8(2)11(12)14/h7,15-16H,4-6H2,1-3H3. The number of aryl methyl sites for hydroxylation is 1. The van der Waals surface area contributed by atoms with E-state index >= 15 is 0 Å². The molecule has 108 valence electrons. The molecule has 0 aliphatic carbocycles. The molecule has 0 saturated carbocycles. The Balaban J connectivity index is 3.08. The van der Waals surface area contributed by atoms with Crippen molar-refractivity contribution in [3.8, 4) is 0 Å². The maximum atomic E-state index is 12.3. The minimum atomic E-state index is -3.65. The summed E-state index contributed by atoms with van der Waals surface area (Å²) in [6, 6.07) is 1.66. The van der Waals surface area contributed by atoms with Gasteiger partial charge in [-0.1, -0.05) is 30.1 Å². The number of hydrogen-bond acceptors (Lipinski definition) is 3. The van der Waals surface area contributed by atoms with Gasteiger partial charge in [-0.05, 0) is 37.6 Å². The molecule has 0 aliphatic rings. The second kappa shape index (κ2) is 6.90. The van der Waals surface area contributed by atoms with Gasteiger partial charge in [-0.25, -0.2) is 13.1 Å². The molecule has 0 bridgehead atoms. The molecule has 0 radical (unpaired) electrons. The molecular weight excluding hydrogens is 307 g/mol. The SMILES string of the molecule is CCNCCNS(=O)(=O)c1c(C)c(Cl)cc(C)c1Cl. The summed E-state index contributed by atoms with van der Waals surface area (Å²) in [6.07, 6.45) is 0. The van der Waals surface area contributed by atoms with Gasteiger partial charge in [0.05, 0.1) is 5.02 Å². The summed E-state index contributed by atoms with van der Waals surface area (Å²) in [5.74, 6) is 0. The number of hydrogen-bond donors (Lipinski definition) is 2. The quantitative estimate of drug-likeness (QED) is 0.790. The number of nitrogens with one attached hydrogen (secondary N) is 2. The van der Waals surface area contributed by atoms with Crippen molar-refractivity contribution in [2.75, 3.05) is 19.6 Å². The highest BCUT2D eigenvalue weighted by atomic mass is 35.5. The molecule has 0 heterocycles. The van der Waals surface area contributed by atoms with Gasteiger partial charge in [-0.3, -0.25) is 0 Å². The third kappa shape index (κ3) is 4.07. The third-order valence-corrected chi connectivity index (χ3v) is 5.32. The van der Waals surface area contributed by atoms with Gasteiger partial charge in [-0.2, -0.15) is 0 Å². The topological polar surface area (TPSA) is 58.2 Å². The molecule has 0 unspecified atom stereocenters. The van der Waals surface area contributed by atoms with Crippen LogP contribution in [-0.2, 0) is 10.0 Å². The number of rotatable bonds is 6. The highest BCUT2D eigenvalue weighted by molar-refractivity contribution is 7.89. The lowest BCUT2D eigenvalue weighted by Crippen LogP contribution is -2.32. The largest absolute Gasteiger partial charge is 0.316 e. The van der Waals surface area contributed by atoms with E-state index in [1.807, 2.05) is 6.92 Å². The normalized spacial score (nSPS) is 11.8. The van der Waals surface area contributed by atoms with Gasteiger partial charge in [-0.15, -0.1) is 0 Å². The van der Waals surface area contributed by atoms with Crippen molar-refractivity contribution >= 4 is 33.2 Å². The van der Waals surface area contributed by atoms with Crippen molar-refractivity contribution in [3.05, 3.63) is 27.2 Å². The lowest BCUT2D eigenvalue weighted by molar-refractivity contribution is 0.577. The minimum absolute atomic E-state index is 0.0654. The summed E-state index contributed by atoms with van der Waals surface area (Å²) in [5.41, 5.74) is 1.11. The van der Waals surface area contributed by atoms with Gasteiger partial charge < -0.3 is 5.32 Å². The first-order valence-electron chi connectivity index (χ1n) is 5.96. The molecule has 0 aromatic heterocycles. The Kier molecular flexibility index (Phi) is 6.08. The van der Waals surface area contributed by atoms with Gasteiger partial charge in [0.25, 0.3) is 0 Å². The molecule has 1 aromatic carbocycles. The molecule has 0 aliphatic heterocycles. The van der Waals surface area contributed by atoms with Gasteiger partial charge >= 0.3 is 0 Å². The fourth-order valence-corrected chi connectivity index (χ4v) is 3.90. The molecule has 7 heteroatoms. The molecular formula is C12H18Cl2N2O2S. The van der Waals surface area contributed by atoms with Crippen LogP contribution in [0, 0.1) is 13.8 Å². The number of sulfonamides is 1. The summed E-state index contributed by atoms with van der Waals surface area (Å²) in [5, 5.41) is 3.66. The zero-order valence-corrected chi connectivity index (χ0v) is 13.5. The highest BCUT2D eigenvalue weighted by Gasteiger charge is 2.23. The first-order chi connectivity index (χ1) is 8.81. The molecule has 2 N–H and O–H groups in total. The Hall–Kier alpha value is -0.330. The molecule has 0 atom stereocenters. The lowest BCUT2D eigenvalue weighted by atomic mass is 10.2. The second-order valence-corrected chi connectivity index (χ2v) is 6.68. The molecule has 4 nitrogen and oxygen atoms in total. The van der Waals surface area contributed by atoms with Gasteiger partial charge in [0.1, 0.15) is 4.90 Å². The van der Waals surface area contributed by atoms with E-state index in [1.165, 1.54) is 0 Å². The van der Waals surface area contributed by atoms with Crippen LogP contribution in [0.4, 0.5) is 0 Å². The summed E-state index contributed by atoms with van der Waals surface area (Å²) in [4.78, 5) is 0.0654. The average Bonchev–Trinajstić information content (AvgIpc) is 2.32. The summed E-state index contributed by atoms with van der Waals surface area (Å²) < 4.78 is 27.0. The summed E-state index contributed by atoms with van der Waals surface area (Å²) in [7, 11) is -3.65. The predicted octanol–water partition coefficient (Wildman–Crippen LogP) is 2.50. The number of halogens is 2. The maximum absolute atomic E-state index is 12.3. The average molecular weight is 325 g/mol. The van der Waals surface area contributed by atoms with Crippen LogP contribution in [0.15, 0.2) is 11.0 Å². The molecule has 1 aromatic rings. The van der Waals surface area contributed by atoms with Crippen molar-refractivity contribution in [3.63, 3.8) is 0 Å². The Morgan fingerprint density at radius 2 is 1.84 bits per heavy atom. The van der Waals surface area contributed by atoms with Crippen molar-refractivity contribution in [2.45, 2.75) is 25.7 Å².